The lowest BCUT2D eigenvalue weighted by Gasteiger charge is -2.10. The molecular formula is C12H15N3O4S. The van der Waals surface area contributed by atoms with Crippen molar-refractivity contribution in [3.8, 4) is 5.75 Å². The minimum absolute atomic E-state index is 0.0584. The van der Waals surface area contributed by atoms with E-state index in [0.29, 0.717) is 17.0 Å². The summed E-state index contributed by atoms with van der Waals surface area (Å²) in [5.41, 5.74) is 6.69. The number of benzene rings is 1. The zero-order valence-corrected chi connectivity index (χ0v) is 11.7. The van der Waals surface area contributed by atoms with Crippen molar-refractivity contribution in [1.29, 1.82) is 0 Å². The van der Waals surface area contributed by atoms with Gasteiger partial charge in [0.25, 0.3) is 0 Å². The molecule has 0 unspecified atom stereocenters. The zero-order valence-electron chi connectivity index (χ0n) is 10.9. The second kappa shape index (κ2) is 6.04. The molecule has 0 fully saturated rings. The predicted molar refractivity (Wildman–Crippen MR) is 71.4 cm³/mol. The number of methoxy groups -OCH3 is 1. The van der Waals surface area contributed by atoms with Crippen LogP contribution in [0.1, 0.15) is 11.3 Å². The molecule has 0 bridgehead atoms. The molecule has 2 aromatic rings. The Bertz CT molecular complexity index is 668. The number of nitrogens with zero attached hydrogens (tertiary/aromatic N) is 1. The Kier molecular flexibility index (Phi) is 4.38. The monoisotopic (exact) mass is 297 g/mol. The van der Waals surface area contributed by atoms with E-state index in [0.717, 1.165) is 0 Å². The Morgan fingerprint density at radius 2 is 2.20 bits per heavy atom. The molecule has 0 saturated carbocycles. The van der Waals surface area contributed by atoms with Crippen LogP contribution in [-0.4, -0.2) is 20.7 Å². The smallest absolute Gasteiger partial charge is 0.240 e. The first-order valence-electron chi connectivity index (χ1n) is 5.82. The summed E-state index contributed by atoms with van der Waals surface area (Å²) >= 11 is 0. The van der Waals surface area contributed by atoms with Gasteiger partial charge in [-0.25, -0.2) is 13.1 Å². The van der Waals surface area contributed by atoms with Crippen molar-refractivity contribution >= 4 is 10.0 Å². The standard InChI is InChI=1S/C12H15N3O4S/c1-18-12-3-2-11(6-9(12)7-13)20(16,17)14-8-10-4-5-19-15-10/h2-6,14H,7-8,13H2,1H3. The van der Waals surface area contributed by atoms with Crippen LogP contribution in [0.3, 0.4) is 0 Å². The Labute approximate surface area is 116 Å². The molecule has 108 valence electrons. The molecule has 0 spiro atoms. The van der Waals surface area contributed by atoms with Crippen molar-refractivity contribution in [2.45, 2.75) is 18.0 Å². The summed E-state index contributed by atoms with van der Waals surface area (Å²) in [5, 5.41) is 3.63. The summed E-state index contributed by atoms with van der Waals surface area (Å²) < 4.78 is 36.5. The normalized spacial score (nSPS) is 11.5. The topological polar surface area (TPSA) is 107 Å². The van der Waals surface area contributed by atoms with E-state index in [9.17, 15) is 8.42 Å². The highest BCUT2D eigenvalue weighted by Crippen LogP contribution is 2.22. The number of nitrogens with two attached hydrogens (primary N) is 1. The molecule has 8 heteroatoms. The fourth-order valence-corrected chi connectivity index (χ4v) is 2.71. The molecule has 0 radical (unpaired) electrons. The fourth-order valence-electron chi connectivity index (χ4n) is 1.66. The molecule has 1 aromatic carbocycles. The molecule has 0 saturated heterocycles. The summed E-state index contributed by atoms with van der Waals surface area (Å²) in [4.78, 5) is 0.127. The lowest BCUT2D eigenvalue weighted by Crippen LogP contribution is -2.23. The molecule has 0 atom stereocenters. The van der Waals surface area contributed by atoms with Gasteiger partial charge in [0.15, 0.2) is 0 Å². The summed E-state index contributed by atoms with van der Waals surface area (Å²) in [5.74, 6) is 0.558. The van der Waals surface area contributed by atoms with Crippen LogP contribution in [0.2, 0.25) is 0 Å². The quantitative estimate of drug-likeness (QED) is 0.809. The number of ether oxygens (including phenoxy) is 1. The van der Waals surface area contributed by atoms with Crippen LogP contribution >= 0.6 is 0 Å². The van der Waals surface area contributed by atoms with E-state index in [2.05, 4.69) is 14.4 Å². The molecule has 0 aliphatic rings. The lowest BCUT2D eigenvalue weighted by atomic mass is 10.2. The van der Waals surface area contributed by atoms with Gasteiger partial charge in [-0.05, 0) is 18.2 Å². The first kappa shape index (κ1) is 14.5. The maximum absolute atomic E-state index is 12.1. The van der Waals surface area contributed by atoms with Gasteiger partial charge in [-0.1, -0.05) is 5.16 Å². The average Bonchev–Trinajstić information content (AvgIpc) is 2.97. The third kappa shape index (κ3) is 3.16. The lowest BCUT2D eigenvalue weighted by molar-refractivity contribution is 0.409. The second-order valence-electron chi connectivity index (χ2n) is 3.99. The van der Waals surface area contributed by atoms with Crippen LogP contribution < -0.4 is 15.2 Å². The molecule has 0 aliphatic carbocycles. The van der Waals surface area contributed by atoms with Gasteiger partial charge in [0, 0.05) is 18.2 Å². The van der Waals surface area contributed by atoms with E-state index in [4.69, 9.17) is 10.5 Å². The first-order chi connectivity index (χ1) is 9.56. The Balaban J connectivity index is 2.20. The molecule has 20 heavy (non-hydrogen) atoms. The number of aromatic nitrogens is 1. The molecule has 0 aliphatic heterocycles. The Morgan fingerprint density at radius 1 is 1.40 bits per heavy atom. The molecule has 3 N–H and O–H groups in total. The third-order valence-corrected chi connectivity index (χ3v) is 4.12. The van der Waals surface area contributed by atoms with Gasteiger partial charge in [-0.3, -0.25) is 0 Å². The predicted octanol–water partition coefficient (Wildman–Crippen LogP) is 0.620. The van der Waals surface area contributed by atoms with Gasteiger partial charge in [0.2, 0.25) is 10.0 Å². The first-order valence-corrected chi connectivity index (χ1v) is 7.31. The maximum atomic E-state index is 12.1. The second-order valence-corrected chi connectivity index (χ2v) is 5.76. The van der Waals surface area contributed by atoms with E-state index < -0.39 is 10.0 Å². The van der Waals surface area contributed by atoms with Gasteiger partial charge >= 0.3 is 0 Å². The number of rotatable bonds is 6. The summed E-state index contributed by atoms with van der Waals surface area (Å²) in [6.45, 7) is 0.249. The number of hydrogen-bond acceptors (Lipinski definition) is 6. The Hall–Kier alpha value is -1.90. The molecule has 2 rings (SSSR count). The zero-order chi connectivity index (χ0) is 14.6. The van der Waals surface area contributed by atoms with E-state index in [-0.39, 0.29) is 18.0 Å². The third-order valence-electron chi connectivity index (χ3n) is 2.72. The van der Waals surface area contributed by atoms with Gasteiger partial charge in [-0.15, -0.1) is 0 Å². The summed E-state index contributed by atoms with van der Waals surface area (Å²) in [6, 6.07) is 6.11. The molecule has 1 heterocycles. The number of hydrogen-bond donors (Lipinski definition) is 2. The molecular weight excluding hydrogens is 282 g/mol. The maximum Gasteiger partial charge on any atom is 0.240 e. The molecule has 7 nitrogen and oxygen atoms in total. The van der Waals surface area contributed by atoms with Crippen molar-refractivity contribution in [2.24, 2.45) is 5.73 Å². The van der Waals surface area contributed by atoms with Crippen molar-refractivity contribution in [3.63, 3.8) is 0 Å². The highest BCUT2D eigenvalue weighted by molar-refractivity contribution is 7.89. The average molecular weight is 297 g/mol. The van der Waals surface area contributed by atoms with Gasteiger partial charge < -0.3 is 15.0 Å². The van der Waals surface area contributed by atoms with Crippen molar-refractivity contribution in [3.05, 3.63) is 41.8 Å². The van der Waals surface area contributed by atoms with Crippen LogP contribution in [-0.2, 0) is 23.1 Å². The van der Waals surface area contributed by atoms with Gasteiger partial charge in [0.05, 0.1) is 24.2 Å². The van der Waals surface area contributed by atoms with Crippen molar-refractivity contribution in [1.82, 2.24) is 9.88 Å². The minimum atomic E-state index is -3.64. The van der Waals surface area contributed by atoms with Gasteiger partial charge in [0.1, 0.15) is 12.0 Å². The minimum Gasteiger partial charge on any atom is -0.496 e. The fraction of sp³-hybridized carbons (Fsp3) is 0.250. The van der Waals surface area contributed by atoms with Gasteiger partial charge in [-0.2, -0.15) is 0 Å². The molecule has 0 amide bonds. The van der Waals surface area contributed by atoms with Crippen LogP contribution in [0.5, 0.6) is 5.75 Å². The van der Waals surface area contributed by atoms with Crippen LogP contribution in [0.4, 0.5) is 0 Å². The van der Waals surface area contributed by atoms with E-state index in [1.807, 2.05) is 0 Å². The summed E-state index contributed by atoms with van der Waals surface area (Å²) in [7, 11) is -2.13. The largest absolute Gasteiger partial charge is 0.496 e. The summed E-state index contributed by atoms with van der Waals surface area (Å²) in [6.07, 6.45) is 1.38. The Morgan fingerprint density at radius 3 is 2.80 bits per heavy atom. The van der Waals surface area contributed by atoms with Crippen molar-refractivity contribution in [2.75, 3.05) is 7.11 Å². The van der Waals surface area contributed by atoms with Crippen LogP contribution in [0, 0.1) is 0 Å². The molecule has 1 aromatic heterocycles. The van der Waals surface area contributed by atoms with E-state index in [1.54, 1.807) is 12.1 Å². The highest BCUT2D eigenvalue weighted by Gasteiger charge is 2.16. The SMILES string of the molecule is COc1ccc(S(=O)(=O)NCc2ccon2)cc1CN. The van der Waals surface area contributed by atoms with Crippen LogP contribution in [0.25, 0.3) is 0 Å². The number of sulfonamides is 1. The van der Waals surface area contributed by atoms with E-state index >= 15 is 0 Å². The highest BCUT2D eigenvalue weighted by atomic mass is 32.2. The van der Waals surface area contributed by atoms with Crippen molar-refractivity contribution < 1.29 is 17.7 Å². The van der Waals surface area contributed by atoms with Crippen LogP contribution in [0.15, 0.2) is 39.9 Å². The van der Waals surface area contributed by atoms with E-state index in [1.165, 1.54) is 25.5 Å². The number of nitrogens with one attached hydrogen (secondary N) is 1.